The second-order valence-electron chi connectivity index (χ2n) is 5.06. The van der Waals surface area contributed by atoms with Crippen LogP contribution in [-0.4, -0.2) is 5.11 Å². The lowest BCUT2D eigenvalue weighted by molar-refractivity contribution is 0.343. The van der Waals surface area contributed by atoms with Gasteiger partial charge in [-0.2, -0.15) is 0 Å². The van der Waals surface area contributed by atoms with E-state index in [0.29, 0.717) is 5.75 Å². The summed E-state index contributed by atoms with van der Waals surface area (Å²) in [7, 11) is 0. The Balaban J connectivity index is 2.54. The summed E-state index contributed by atoms with van der Waals surface area (Å²) in [6.07, 6.45) is 6.32. The minimum Gasteiger partial charge on any atom is -0.508 e. The van der Waals surface area contributed by atoms with E-state index in [-0.39, 0.29) is 0 Å². The van der Waals surface area contributed by atoms with Gasteiger partial charge >= 0.3 is 0 Å². The summed E-state index contributed by atoms with van der Waals surface area (Å²) in [5.41, 5.74) is 1.35. The zero-order valence-electron chi connectivity index (χ0n) is 11.4. The van der Waals surface area contributed by atoms with E-state index in [1.165, 1.54) is 31.2 Å². The molecule has 17 heavy (non-hydrogen) atoms. The van der Waals surface area contributed by atoms with Crippen molar-refractivity contribution in [2.45, 2.75) is 52.9 Å². The van der Waals surface area contributed by atoms with Crippen LogP contribution in [0.1, 0.15) is 52.0 Å². The highest BCUT2D eigenvalue weighted by atomic mass is 16.3. The van der Waals surface area contributed by atoms with Crippen molar-refractivity contribution >= 4 is 0 Å². The molecule has 1 aromatic carbocycles. The Morgan fingerprint density at radius 1 is 0.882 bits per heavy atom. The van der Waals surface area contributed by atoms with Crippen LogP contribution >= 0.6 is 0 Å². The molecule has 0 heterocycles. The highest BCUT2D eigenvalue weighted by Gasteiger charge is 2.13. The van der Waals surface area contributed by atoms with E-state index in [9.17, 15) is 5.11 Å². The van der Waals surface area contributed by atoms with Gasteiger partial charge in [-0.15, -0.1) is 0 Å². The average Bonchev–Trinajstić information content (AvgIpc) is 2.37. The van der Waals surface area contributed by atoms with Gasteiger partial charge in [0.25, 0.3) is 0 Å². The molecule has 1 rings (SSSR count). The van der Waals surface area contributed by atoms with E-state index < -0.39 is 0 Å². The van der Waals surface area contributed by atoms with Gasteiger partial charge in [0.2, 0.25) is 0 Å². The summed E-state index contributed by atoms with van der Waals surface area (Å²) in [4.78, 5) is 0. The van der Waals surface area contributed by atoms with Gasteiger partial charge in [-0.3, -0.25) is 0 Å². The molecule has 0 aliphatic carbocycles. The highest BCUT2D eigenvalue weighted by molar-refractivity contribution is 5.26. The summed E-state index contributed by atoms with van der Waals surface area (Å²) in [5, 5.41) is 9.27. The van der Waals surface area contributed by atoms with E-state index in [1.54, 1.807) is 12.1 Å². The Morgan fingerprint density at radius 3 is 1.88 bits per heavy atom. The Kier molecular flexibility index (Phi) is 6.10. The molecule has 1 aromatic rings. The monoisotopic (exact) mass is 234 g/mol. The van der Waals surface area contributed by atoms with E-state index in [0.717, 1.165) is 18.3 Å². The molecule has 0 aromatic heterocycles. The summed E-state index contributed by atoms with van der Waals surface area (Å²) < 4.78 is 0. The van der Waals surface area contributed by atoms with Crippen LogP contribution in [0, 0.1) is 11.8 Å². The van der Waals surface area contributed by atoms with Crippen LogP contribution in [0.25, 0.3) is 0 Å². The number of phenols is 1. The van der Waals surface area contributed by atoms with Crippen molar-refractivity contribution in [3.63, 3.8) is 0 Å². The number of phenolic OH excluding ortho intramolecular Hbond substituents is 1. The zero-order valence-corrected chi connectivity index (χ0v) is 11.4. The van der Waals surface area contributed by atoms with Crippen molar-refractivity contribution < 1.29 is 5.11 Å². The molecule has 0 saturated heterocycles. The van der Waals surface area contributed by atoms with Crippen LogP contribution in [0.3, 0.4) is 0 Å². The van der Waals surface area contributed by atoms with Crippen LogP contribution < -0.4 is 0 Å². The number of hydrogen-bond acceptors (Lipinski definition) is 1. The molecule has 0 radical (unpaired) electrons. The van der Waals surface area contributed by atoms with Crippen molar-refractivity contribution in [1.29, 1.82) is 0 Å². The summed E-state index contributed by atoms with van der Waals surface area (Å²) in [6, 6.07) is 7.67. The second kappa shape index (κ2) is 7.37. The summed E-state index contributed by atoms with van der Waals surface area (Å²) >= 11 is 0. The van der Waals surface area contributed by atoms with Gasteiger partial charge in [0.1, 0.15) is 5.75 Å². The summed E-state index contributed by atoms with van der Waals surface area (Å²) in [5.74, 6) is 2.02. The molecule has 0 amide bonds. The molecule has 0 saturated carbocycles. The Morgan fingerprint density at radius 2 is 1.41 bits per heavy atom. The van der Waals surface area contributed by atoms with Crippen LogP contribution in [0.5, 0.6) is 5.75 Å². The molecule has 0 aliphatic rings. The second-order valence-corrected chi connectivity index (χ2v) is 5.06. The normalized spacial score (nSPS) is 12.9. The van der Waals surface area contributed by atoms with Crippen molar-refractivity contribution in [3.05, 3.63) is 29.8 Å². The van der Waals surface area contributed by atoms with Gasteiger partial charge in [0, 0.05) is 0 Å². The van der Waals surface area contributed by atoms with Crippen molar-refractivity contribution in [2.75, 3.05) is 0 Å². The average molecular weight is 234 g/mol. The molecule has 0 aliphatic heterocycles. The molecular weight excluding hydrogens is 208 g/mol. The van der Waals surface area contributed by atoms with Gasteiger partial charge in [-0.1, -0.05) is 52.2 Å². The number of aromatic hydroxyl groups is 1. The Labute approximate surface area is 106 Å². The smallest absolute Gasteiger partial charge is 0.115 e. The molecule has 0 fully saturated rings. The first-order valence-corrected chi connectivity index (χ1v) is 6.97. The molecule has 1 heteroatoms. The first-order chi connectivity index (χ1) is 8.19. The van der Waals surface area contributed by atoms with Crippen molar-refractivity contribution in [1.82, 2.24) is 0 Å². The van der Waals surface area contributed by atoms with E-state index in [2.05, 4.69) is 20.8 Å². The Hall–Kier alpha value is -0.980. The minimum absolute atomic E-state index is 0.363. The highest BCUT2D eigenvalue weighted by Crippen LogP contribution is 2.25. The number of benzene rings is 1. The maximum atomic E-state index is 9.27. The van der Waals surface area contributed by atoms with Crippen LogP contribution in [0.15, 0.2) is 24.3 Å². The SMILES string of the molecule is CCC(CC)CC(CC)Cc1ccc(O)cc1. The largest absolute Gasteiger partial charge is 0.508 e. The maximum Gasteiger partial charge on any atom is 0.115 e. The van der Waals surface area contributed by atoms with Gasteiger partial charge in [-0.25, -0.2) is 0 Å². The van der Waals surface area contributed by atoms with Gasteiger partial charge in [-0.05, 0) is 42.4 Å². The van der Waals surface area contributed by atoms with E-state index >= 15 is 0 Å². The molecular formula is C16H26O. The molecule has 1 nitrogen and oxygen atoms in total. The van der Waals surface area contributed by atoms with E-state index in [4.69, 9.17) is 0 Å². The molecule has 0 bridgehead atoms. The molecule has 1 atom stereocenters. The quantitative estimate of drug-likeness (QED) is 0.719. The topological polar surface area (TPSA) is 20.2 Å². The molecule has 0 spiro atoms. The third kappa shape index (κ3) is 4.80. The standard InChI is InChI=1S/C16H26O/c1-4-13(5-2)11-14(6-3)12-15-7-9-16(17)10-8-15/h7-10,13-14,17H,4-6,11-12H2,1-3H3. The molecule has 1 N–H and O–H groups in total. The van der Waals surface area contributed by atoms with Crippen LogP contribution in [-0.2, 0) is 6.42 Å². The van der Waals surface area contributed by atoms with Crippen molar-refractivity contribution in [3.8, 4) is 5.75 Å². The van der Waals surface area contributed by atoms with Crippen LogP contribution in [0.4, 0.5) is 0 Å². The third-order valence-electron chi connectivity index (χ3n) is 3.86. The van der Waals surface area contributed by atoms with Gasteiger partial charge < -0.3 is 5.11 Å². The lowest BCUT2D eigenvalue weighted by Gasteiger charge is -2.20. The first-order valence-electron chi connectivity index (χ1n) is 6.97. The predicted molar refractivity (Wildman–Crippen MR) is 74.3 cm³/mol. The van der Waals surface area contributed by atoms with Gasteiger partial charge in [0.05, 0.1) is 0 Å². The van der Waals surface area contributed by atoms with Crippen LogP contribution in [0.2, 0.25) is 0 Å². The third-order valence-corrected chi connectivity index (χ3v) is 3.86. The minimum atomic E-state index is 0.363. The lowest BCUT2D eigenvalue weighted by Crippen LogP contribution is -2.10. The zero-order chi connectivity index (χ0) is 12.7. The fourth-order valence-electron chi connectivity index (χ4n) is 2.45. The van der Waals surface area contributed by atoms with E-state index in [1.807, 2.05) is 12.1 Å². The summed E-state index contributed by atoms with van der Waals surface area (Å²) in [6.45, 7) is 6.87. The fraction of sp³-hybridized carbons (Fsp3) is 0.625. The predicted octanol–water partition coefficient (Wildman–Crippen LogP) is 4.79. The Bertz CT molecular complexity index is 298. The fourth-order valence-corrected chi connectivity index (χ4v) is 2.45. The van der Waals surface area contributed by atoms with Gasteiger partial charge in [0.15, 0.2) is 0 Å². The first kappa shape index (κ1) is 14.1. The maximum absolute atomic E-state index is 9.27. The molecule has 1 unspecified atom stereocenters. The van der Waals surface area contributed by atoms with Crippen molar-refractivity contribution in [2.24, 2.45) is 11.8 Å². The molecule has 96 valence electrons. The number of hydrogen-bond donors (Lipinski definition) is 1. The lowest BCUT2D eigenvalue weighted by atomic mass is 9.85. The number of rotatable bonds is 7.